The van der Waals surface area contributed by atoms with Gasteiger partial charge in [0.1, 0.15) is 16.5 Å². The fourth-order valence-electron chi connectivity index (χ4n) is 2.04. The molecule has 138 valence electrons. The van der Waals surface area contributed by atoms with Crippen molar-refractivity contribution in [2.75, 3.05) is 0 Å². The van der Waals surface area contributed by atoms with Gasteiger partial charge in [-0.3, -0.25) is 0 Å². The van der Waals surface area contributed by atoms with Gasteiger partial charge < -0.3 is 8.76 Å². The number of nitrogens with one attached hydrogen (secondary N) is 1. The molecule has 0 aliphatic carbocycles. The maximum Gasteiger partial charge on any atom is 0.170 e. The molecule has 0 aliphatic heterocycles. The van der Waals surface area contributed by atoms with Gasteiger partial charge in [-0.05, 0) is 45.2 Å². The van der Waals surface area contributed by atoms with E-state index in [0.717, 1.165) is 5.92 Å². The Hall–Kier alpha value is 0.788. The Bertz CT molecular complexity index is 215. The van der Waals surface area contributed by atoms with E-state index >= 15 is 0 Å². The van der Waals surface area contributed by atoms with Crippen LogP contribution in [0.2, 0.25) is 78.6 Å². The normalized spacial score (nSPS) is 13.1. The second kappa shape index (κ2) is 10.6. The molecule has 0 saturated heterocycles. The van der Waals surface area contributed by atoms with Crippen molar-refractivity contribution < 1.29 is 4.12 Å². The van der Waals surface area contributed by atoms with E-state index in [1.165, 1.54) is 0 Å². The summed E-state index contributed by atoms with van der Waals surface area (Å²) in [6.07, 6.45) is 0. The van der Waals surface area contributed by atoms with Gasteiger partial charge in [-0.15, -0.1) is 0 Å². The van der Waals surface area contributed by atoms with Crippen LogP contribution in [-0.2, 0) is 4.12 Å². The molecule has 0 bridgehead atoms. The summed E-state index contributed by atoms with van der Waals surface area (Å²) in [5.41, 5.74) is 0. The van der Waals surface area contributed by atoms with Crippen molar-refractivity contribution >= 4 is 33.1 Å². The summed E-state index contributed by atoms with van der Waals surface area (Å²) in [6, 6.07) is 0. The lowest BCUT2D eigenvalue weighted by molar-refractivity contribution is 0.559. The van der Waals surface area contributed by atoms with Crippen LogP contribution in [0.5, 0.6) is 0 Å². The second-order valence-corrected chi connectivity index (χ2v) is 29.9. The first kappa shape index (κ1) is 27.6. The summed E-state index contributed by atoms with van der Waals surface area (Å²) in [5.74, 6) is 0.833. The summed E-state index contributed by atoms with van der Waals surface area (Å²) in [4.78, 5) is 0. The highest BCUT2D eigenvalue weighted by Gasteiger charge is 2.24. The fourth-order valence-corrected chi connectivity index (χ4v) is 18.4. The van der Waals surface area contributed by atoms with Gasteiger partial charge >= 0.3 is 0 Å². The second-order valence-electron chi connectivity index (χ2n) is 10.7. The molecular weight excluding hydrogens is 335 g/mol. The highest BCUT2D eigenvalue weighted by Crippen LogP contribution is 2.12. The molecule has 0 heterocycles. The molecule has 0 atom stereocenters. The lowest BCUT2D eigenvalue weighted by Crippen LogP contribution is -2.55. The van der Waals surface area contributed by atoms with Gasteiger partial charge in [0.15, 0.2) is 16.6 Å². The maximum atomic E-state index is 5.90. The first-order chi connectivity index (χ1) is 9.15. The van der Waals surface area contributed by atoms with Crippen LogP contribution in [0.1, 0.15) is 20.8 Å². The lowest BCUT2D eigenvalue weighted by Gasteiger charge is -2.28. The molecule has 0 unspecified atom stereocenters. The van der Waals surface area contributed by atoms with Crippen molar-refractivity contribution in [3.05, 3.63) is 0 Å². The minimum atomic E-state index is -1.23. The average molecular weight is 382 g/mol. The van der Waals surface area contributed by atoms with Crippen molar-refractivity contribution in [2.24, 2.45) is 5.92 Å². The fraction of sp³-hybridized carbons (Fsp3) is 1.00. The van der Waals surface area contributed by atoms with E-state index in [4.69, 9.17) is 4.12 Å². The third-order valence-electron chi connectivity index (χ3n) is 1.36. The molecule has 0 rings (SSSR count). The molecule has 0 fully saturated rings. The predicted molar refractivity (Wildman–Crippen MR) is 118 cm³/mol. The standard InChI is InChI=1S/C6H19NSi2.C6H18OSi2.C4H10/c2*1-8(2,3)7-9(4,5)6;1-4(2)3/h7H,1-6H3;1-6H3;4H,1-3H3. The van der Waals surface area contributed by atoms with Crippen LogP contribution in [0.15, 0.2) is 0 Å². The van der Waals surface area contributed by atoms with Gasteiger partial charge in [-0.2, -0.15) is 0 Å². The van der Waals surface area contributed by atoms with Crippen molar-refractivity contribution in [1.82, 2.24) is 4.65 Å². The average Bonchev–Trinajstić information content (AvgIpc) is 1.84. The summed E-state index contributed by atoms with van der Waals surface area (Å²) in [5, 5.41) is 0. The van der Waals surface area contributed by atoms with Gasteiger partial charge in [-0.1, -0.05) is 60.1 Å². The zero-order valence-corrected chi connectivity index (χ0v) is 22.5. The van der Waals surface area contributed by atoms with Crippen LogP contribution in [0.25, 0.3) is 0 Å². The van der Waals surface area contributed by atoms with Gasteiger partial charge in [0, 0.05) is 0 Å². The highest BCUT2D eigenvalue weighted by molar-refractivity contribution is 6.90. The largest absolute Gasteiger partial charge is 0.456 e. The first-order valence-corrected chi connectivity index (χ1v) is 22.5. The van der Waals surface area contributed by atoms with Crippen LogP contribution in [0.4, 0.5) is 0 Å². The van der Waals surface area contributed by atoms with Crippen molar-refractivity contribution in [2.45, 2.75) is 99.3 Å². The minimum absolute atomic E-state index is 0.833. The molecule has 2 nitrogen and oxygen atoms in total. The molecular formula is C16H47NOSi4. The van der Waals surface area contributed by atoms with Crippen LogP contribution in [0, 0.1) is 5.92 Å². The Morgan fingerprint density at radius 2 is 0.727 bits per heavy atom. The van der Waals surface area contributed by atoms with Crippen molar-refractivity contribution in [1.29, 1.82) is 0 Å². The van der Waals surface area contributed by atoms with Crippen molar-refractivity contribution in [3.63, 3.8) is 0 Å². The van der Waals surface area contributed by atoms with Crippen LogP contribution in [0.3, 0.4) is 0 Å². The van der Waals surface area contributed by atoms with E-state index in [1.807, 2.05) is 0 Å². The van der Waals surface area contributed by atoms with Crippen LogP contribution >= 0.6 is 0 Å². The van der Waals surface area contributed by atoms with Crippen molar-refractivity contribution in [3.8, 4) is 0 Å². The molecule has 0 amide bonds. The first-order valence-electron chi connectivity index (χ1n) is 8.64. The topological polar surface area (TPSA) is 21.3 Å². The van der Waals surface area contributed by atoms with E-state index in [2.05, 4.69) is 104 Å². The predicted octanol–water partition coefficient (Wildman–Crippen LogP) is 6.58. The van der Waals surface area contributed by atoms with Crippen LogP contribution < -0.4 is 4.65 Å². The summed E-state index contributed by atoms with van der Waals surface area (Å²) < 4.78 is 9.64. The van der Waals surface area contributed by atoms with E-state index < -0.39 is 33.1 Å². The molecule has 0 aromatic heterocycles. The van der Waals surface area contributed by atoms with Gasteiger partial charge in [0.25, 0.3) is 0 Å². The van der Waals surface area contributed by atoms with E-state index in [-0.39, 0.29) is 0 Å². The Labute approximate surface area is 147 Å². The third kappa shape index (κ3) is 49.8. The lowest BCUT2D eigenvalue weighted by atomic mass is 10.3. The number of hydrogen-bond acceptors (Lipinski definition) is 2. The summed E-state index contributed by atoms with van der Waals surface area (Å²) in [6.45, 7) is 34.1. The quantitative estimate of drug-likeness (QED) is 0.555. The van der Waals surface area contributed by atoms with Gasteiger partial charge in [-0.25, -0.2) is 0 Å². The number of rotatable bonds is 4. The SMILES string of the molecule is CC(C)C.C[Si](C)(C)N[Si](C)(C)C.C[Si](C)(C)O[Si](C)(C)C. The molecule has 1 N–H and O–H groups in total. The van der Waals surface area contributed by atoms with Gasteiger partial charge in [0.2, 0.25) is 0 Å². The zero-order chi connectivity index (χ0) is 19.0. The molecule has 0 aliphatic rings. The Kier molecular flexibility index (Phi) is 13.3. The van der Waals surface area contributed by atoms with Crippen LogP contribution in [-0.4, -0.2) is 33.1 Å². The molecule has 0 spiro atoms. The zero-order valence-electron chi connectivity index (χ0n) is 18.5. The minimum Gasteiger partial charge on any atom is -0.456 e. The van der Waals surface area contributed by atoms with E-state index in [9.17, 15) is 0 Å². The third-order valence-corrected chi connectivity index (χ3v) is 12.3. The Balaban J connectivity index is -0.000000266. The van der Waals surface area contributed by atoms with E-state index in [0.29, 0.717) is 0 Å². The molecule has 22 heavy (non-hydrogen) atoms. The molecule has 0 aromatic carbocycles. The van der Waals surface area contributed by atoms with E-state index in [1.54, 1.807) is 0 Å². The molecule has 0 saturated carbocycles. The summed E-state index contributed by atoms with van der Waals surface area (Å²) in [7, 11) is -4.42. The summed E-state index contributed by atoms with van der Waals surface area (Å²) >= 11 is 0. The molecule has 0 radical (unpaired) electrons. The number of hydrogen-bond donors (Lipinski definition) is 1. The highest BCUT2D eigenvalue weighted by atomic mass is 28.4. The Morgan fingerprint density at radius 1 is 0.545 bits per heavy atom. The Morgan fingerprint density at radius 3 is 0.727 bits per heavy atom. The smallest absolute Gasteiger partial charge is 0.170 e. The maximum absolute atomic E-state index is 5.90. The van der Waals surface area contributed by atoms with Gasteiger partial charge in [0.05, 0.1) is 0 Å². The molecule has 0 aromatic rings. The monoisotopic (exact) mass is 381 g/mol. The molecule has 6 heteroatoms.